The molecule has 0 amide bonds. The van der Waals surface area contributed by atoms with Crippen LogP contribution in [-0.2, 0) is 23.7 Å². The number of aliphatic hydroxyl groups is 4. The highest BCUT2D eigenvalue weighted by Gasteiger charge is 2.44. The molecule has 6 unspecified atom stereocenters. The SMILES string of the molecule is CC/C=C\C/C=C\C/C=C\C/C=C\C/C=C\CCOCC(COC1OC(CO)C(O)C(O)C1O)OC(=O)CCCC/C=C\C/C=C\C/C=C\C/C=C\CC. The fraction of sp³-hybridized carbons (Fsp3) is 0.578. The van der Waals surface area contributed by atoms with E-state index in [2.05, 4.69) is 117 Å². The van der Waals surface area contributed by atoms with E-state index in [1.165, 1.54) is 0 Å². The van der Waals surface area contributed by atoms with Crippen molar-refractivity contribution in [3.05, 3.63) is 109 Å². The molecule has 0 radical (unpaired) electrons. The molecule has 0 aromatic rings. The highest BCUT2D eigenvalue weighted by molar-refractivity contribution is 5.69. The van der Waals surface area contributed by atoms with Gasteiger partial charge in [-0.15, -0.1) is 0 Å². The van der Waals surface area contributed by atoms with Crippen LogP contribution >= 0.6 is 0 Å². The Morgan fingerprint density at radius 1 is 0.593 bits per heavy atom. The molecule has 4 N–H and O–H groups in total. The number of hydrogen-bond donors (Lipinski definition) is 4. The summed E-state index contributed by atoms with van der Waals surface area (Å²) < 4.78 is 22.6. The number of ether oxygens (including phenoxy) is 4. The van der Waals surface area contributed by atoms with Gasteiger partial charge >= 0.3 is 5.97 Å². The number of carbonyl (C=O) groups excluding carboxylic acids is 1. The number of unbranched alkanes of at least 4 members (excludes halogenated alkanes) is 2. The van der Waals surface area contributed by atoms with Crippen LogP contribution < -0.4 is 0 Å². The molecular formula is C45H70O9. The highest BCUT2D eigenvalue weighted by Crippen LogP contribution is 2.22. The first-order chi connectivity index (χ1) is 26.4. The molecule has 0 spiro atoms. The third-order valence-electron chi connectivity index (χ3n) is 8.20. The van der Waals surface area contributed by atoms with Gasteiger partial charge in [0.15, 0.2) is 6.29 Å². The summed E-state index contributed by atoms with van der Waals surface area (Å²) >= 11 is 0. The Hall–Kier alpha value is -3.15. The van der Waals surface area contributed by atoms with Gasteiger partial charge in [-0.05, 0) is 83.5 Å². The van der Waals surface area contributed by atoms with Gasteiger partial charge in [-0.3, -0.25) is 4.79 Å². The predicted molar refractivity (Wildman–Crippen MR) is 219 cm³/mol. The van der Waals surface area contributed by atoms with Crippen molar-refractivity contribution in [3.63, 3.8) is 0 Å². The topological polar surface area (TPSA) is 135 Å². The van der Waals surface area contributed by atoms with Gasteiger partial charge in [0.05, 0.1) is 26.4 Å². The van der Waals surface area contributed by atoms with Gasteiger partial charge in [0, 0.05) is 6.42 Å². The zero-order chi connectivity index (χ0) is 39.3. The number of esters is 1. The Labute approximate surface area is 325 Å². The van der Waals surface area contributed by atoms with Crippen LogP contribution in [0.3, 0.4) is 0 Å². The molecule has 6 atom stereocenters. The summed E-state index contributed by atoms with van der Waals surface area (Å²) in [7, 11) is 0. The number of carbonyl (C=O) groups is 1. The first-order valence-electron chi connectivity index (χ1n) is 20.0. The van der Waals surface area contributed by atoms with Gasteiger partial charge in [0.25, 0.3) is 0 Å². The molecule has 54 heavy (non-hydrogen) atoms. The van der Waals surface area contributed by atoms with Crippen LogP contribution in [0.4, 0.5) is 0 Å². The third kappa shape index (κ3) is 26.6. The molecule has 1 aliphatic heterocycles. The zero-order valence-corrected chi connectivity index (χ0v) is 32.9. The molecule has 9 nitrogen and oxygen atoms in total. The van der Waals surface area contributed by atoms with Gasteiger partial charge in [-0.2, -0.15) is 0 Å². The summed E-state index contributed by atoms with van der Waals surface area (Å²) in [6.07, 6.45) is 42.8. The van der Waals surface area contributed by atoms with Crippen molar-refractivity contribution in [1.82, 2.24) is 0 Å². The lowest BCUT2D eigenvalue weighted by Crippen LogP contribution is -2.59. The van der Waals surface area contributed by atoms with E-state index in [0.717, 1.165) is 70.6 Å². The summed E-state index contributed by atoms with van der Waals surface area (Å²) in [5, 5.41) is 40.0. The summed E-state index contributed by atoms with van der Waals surface area (Å²) in [4.78, 5) is 12.7. The van der Waals surface area contributed by atoms with Crippen LogP contribution in [0.2, 0.25) is 0 Å². The average molecular weight is 755 g/mol. The maximum atomic E-state index is 12.7. The van der Waals surface area contributed by atoms with E-state index in [9.17, 15) is 25.2 Å². The maximum absolute atomic E-state index is 12.7. The molecule has 0 bridgehead atoms. The fourth-order valence-electron chi connectivity index (χ4n) is 5.13. The van der Waals surface area contributed by atoms with Crippen LogP contribution in [0, 0.1) is 0 Å². The molecule has 0 aromatic heterocycles. The van der Waals surface area contributed by atoms with Crippen molar-refractivity contribution in [3.8, 4) is 0 Å². The molecular weight excluding hydrogens is 684 g/mol. The smallest absolute Gasteiger partial charge is 0.306 e. The van der Waals surface area contributed by atoms with E-state index in [1.807, 2.05) is 6.08 Å². The second-order valence-electron chi connectivity index (χ2n) is 13.0. The Bertz CT molecular complexity index is 1180. The Morgan fingerprint density at radius 3 is 1.54 bits per heavy atom. The van der Waals surface area contributed by atoms with E-state index in [-0.39, 0.29) is 25.6 Å². The van der Waals surface area contributed by atoms with Gasteiger partial charge in [0.1, 0.15) is 30.5 Å². The van der Waals surface area contributed by atoms with Crippen molar-refractivity contribution in [2.24, 2.45) is 0 Å². The van der Waals surface area contributed by atoms with E-state index in [0.29, 0.717) is 19.4 Å². The zero-order valence-electron chi connectivity index (χ0n) is 32.9. The van der Waals surface area contributed by atoms with Gasteiger partial charge in [0.2, 0.25) is 0 Å². The van der Waals surface area contributed by atoms with E-state index in [4.69, 9.17) is 18.9 Å². The van der Waals surface area contributed by atoms with Crippen molar-refractivity contribution < 1.29 is 44.2 Å². The lowest BCUT2D eigenvalue weighted by Gasteiger charge is -2.39. The molecule has 1 rings (SSSR count). The normalized spacial score (nSPS) is 22.1. The second kappa shape index (κ2) is 35.5. The molecule has 0 aliphatic carbocycles. The van der Waals surface area contributed by atoms with Crippen LogP contribution in [0.15, 0.2) is 109 Å². The quantitative estimate of drug-likeness (QED) is 0.0314. The van der Waals surface area contributed by atoms with E-state index < -0.39 is 43.4 Å². The monoisotopic (exact) mass is 755 g/mol. The Morgan fingerprint density at radius 2 is 1.06 bits per heavy atom. The minimum atomic E-state index is -1.56. The number of hydrogen-bond acceptors (Lipinski definition) is 9. The third-order valence-corrected chi connectivity index (χ3v) is 8.20. The van der Waals surface area contributed by atoms with Gasteiger partial charge in [-0.1, -0.05) is 123 Å². The average Bonchev–Trinajstić information content (AvgIpc) is 3.17. The van der Waals surface area contributed by atoms with Gasteiger partial charge in [-0.25, -0.2) is 0 Å². The first-order valence-corrected chi connectivity index (χ1v) is 20.0. The minimum absolute atomic E-state index is 0.0653. The molecule has 1 fully saturated rings. The number of aliphatic hydroxyl groups excluding tert-OH is 4. The number of rotatable bonds is 31. The van der Waals surface area contributed by atoms with Crippen molar-refractivity contribution in [2.75, 3.05) is 26.4 Å². The summed E-state index contributed by atoms with van der Waals surface area (Å²) in [6.45, 7) is 4.01. The fourth-order valence-corrected chi connectivity index (χ4v) is 5.13. The highest BCUT2D eigenvalue weighted by atomic mass is 16.7. The van der Waals surface area contributed by atoms with Crippen LogP contribution in [-0.4, -0.2) is 89.6 Å². The summed E-state index contributed by atoms with van der Waals surface area (Å²) in [5.41, 5.74) is 0. The molecule has 1 saturated heterocycles. The lowest BCUT2D eigenvalue weighted by atomic mass is 9.99. The first kappa shape index (κ1) is 48.9. The minimum Gasteiger partial charge on any atom is -0.457 e. The Balaban J connectivity index is 2.43. The van der Waals surface area contributed by atoms with Crippen molar-refractivity contribution in [2.45, 2.75) is 141 Å². The van der Waals surface area contributed by atoms with E-state index in [1.54, 1.807) is 0 Å². The molecule has 0 aromatic carbocycles. The van der Waals surface area contributed by atoms with Crippen molar-refractivity contribution in [1.29, 1.82) is 0 Å². The van der Waals surface area contributed by atoms with Crippen LogP contribution in [0.1, 0.15) is 104 Å². The maximum Gasteiger partial charge on any atom is 0.306 e. The molecule has 1 heterocycles. The Kier molecular flexibility index (Phi) is 32.2. The van der Waals surface area contributed by atoms with E-state index >= 15 is 0 Å². The molecule has 1 aliphatic rings. The van der Waals surface area contributed by atoms with Crippen LogP contribution in [0.25, 0.3) is 0 Å². The number of allylic oxidation sites excluding steroid dienone is 17. The summed E-state index contributed by atoms with van der Waals surface area (Å²) in [5.74, 6) is -0.385. The molecule has 304 valence electrons. The van der Waals surface area contributed by atoms with Gasteiger partial charge < -0.3 is 39.4 Å². The predicted octanol–water partition coefficient (Wildman–Crippen LogP) is 8.24. The van der Waals surface area contributed by atoms with Crippen molar-refractivity contribution >= 4 is 5.97 Å². The lowest BCUT2D eigenvalue weighted by molar-refractivity contribution is -0.305. The largest absolute Gasteiger partial charge is 0.457 e. The second-order valence-corrected chi connectivity index (χ2v) is 13.0. The van der Waals surface area contributed by atoms with Crippen LogP contribution in [0.5, 0.6) is 0 Å². The molecule has 9 heteroatoms. The standard InChI is InChI=1S/C45H70O9/c1-3-5-7-9-11-13-15-17-19-21-23-25-27-29-31-33-35-51-37-39(38-52-45-44(50)43(49)42(48)40(36-46)54-45)53-41(47)34-32-30-28-26-24-22-20-18-16-14-12-10-8-6-4-2/h5-8,11-14,17-20,23-26,29,31,39-40,42-46,48-50H,3-4,9-10,15-16,21-22,27-28,30,32-38H2,1-2H3/b7-5-,8-6-,13-11-,14-12-,19-17-,20-18-,25-23-,26-24-,31-29-. The molecule has 0 saturated carbocycles. The summed E-state index contributed by atoms with van der Waals surface area (Å²) in [6, 6.07) is 0.